The van der Waals surface area contributed by atoms with Gasteiger partial charge in [0, 0.05) is 47.6 Å². The van der Waals surface area contributed by atoms with Gasteiger partial charge in [-0.2, -0.15) is 13.2 Å². The SMILES string of the molecule is O=C(COc1ncccc1C(F)(F)F)N1CCC(c2nc(C3=NOC(c4[c]cccc4Cl)C3)cs2)CC1. The number of ether oxygens (including phenoxy) is 1. The molecule has 1 aromatic carbocycles. The van der Waals surface area contributed by atoms with E-state index in [1.54, 1.807) is 17.0 Å². The van der Waals surface area contributed by atoms with Crippen LogP contribution in [0.5, 0.6) is 5.88 Å². The van der Waals surface area contributed by atoms with Crippen LogP contribution in [0.1, 0.15) is 53.1 Å². The summed E-state index contributed by atoms with van der Waals surface area (Å²) < 4.78 is 44.4. The number of likely N-dealkylation sites (tertiary alicyclic amines) is 1. The minimum absolute atomic E-state index is 0.173. The highest BCUT2D eigenvalue weighted by Crippen LogP contribution is 2.36. The number of rotatable bonds is 6. The third-order valence-electron chi connectivity index (χ3n) is 6.25. The van der Waals surface area contributed by atoms with E-state index in [2.05, 4.69) is 16.2 Å². The summed E-state index contributed by atoms with van der Waals surface area (Å²) >= 11 is 7.79. The van der Waals surface area contributed by atoms with E-state index in [0.717, 1.165) is 28.0 Å². The lowest BCUT2D eigenvalue weighted by molar-refractivity contribution is -0.141. The van der Waals surface area contributed by atoms with Crippen LogP contribution >= 0.6 is 22.9 Å². The predicted octanol–water partition coefficient (Wildman–Crippen LogP) is 5.66. The highest BCUT2D eigenvalue weighted by Gasteiger charge is 2.35. The van der Waals surface area contributed by atoms with Crippen molar-refractivity contribution in [2.24, 2.45) is 5.16 Å². The molecule has 193 valence electrons. The van der Waals surface area contributed by atoms with Crippen molar-refractivity contribution in [3.8, 4) is 5.88 Å². The zero-order chi connectivity index (χ0) is 26.0. The highest BCUT2D eigenvalue weighted by atomic mass is 35.5. The zero-order valence-corrected chi connectivity index (χ0v) is 20.9. The van der Waals surface area contributed by atoms with Crippen molar-refractivity contribution in [3.05, 3.63) is 74.8 Å². The standard InChI is InChI=1S/C25H21ClF3N4O3S/c26-18-6-2-1-4-16(18)21-12-19(32-36-21)20-14-37-24(31-20)15-7-10-33(11-8-15)22(34)13-35-23-17(25(27,28)29)5-3-9-30-23/h1-3,5-6,9,14-15,21H,7-8,10-13H2. The van der Waals surface area contributed by atoms with Gasteiger partial charge in [0.1, 0.15) is 11.3 Å². The monoisotopic (exact) mass is 549 g/mol. The second-order valence-corrected chi connectivity index (χ2v) is 9.93. The molecule has 2 aliphatic rings. The first-order valence-corrected chi connectivity index (χ1v) is 12.8. The molecular formula is C25H21ClF3N4O3S. The highest BCUT2D eigenvalue weighted by molar-refractivity contribution is 7.10. The number of hydrogen-bond acceptors (Lipinski definition) is 7. The number of hydrogen-bond donors (Lipinski definition) is 0. The van der Waals surface area contributed by atoms with E-state index in [-0.39, 0.29) is 17.9 Å². The van der Waals surface area contributed by atoms with E-state index in [4.69, 9.17) is 26.2 Å². The average Bonchev–Trinajstić information content (AvgIpc) is 3.58. The number of oxime groups is 1. The van der Waals surface area contributed by atoms with Crippen LogP contribution in [-0.2, 0) is 15.8 Å². The van der Waals surface area contributed by atoms with E-state index < -0.39 is 24.2 Å². The Morgan fingerprint density at radius 3 is 2.84 bits per heavy atom. The molecule has 37 heavy (non-hydrogen) atoms. The molecular weight excluding hydrogens is 529 g/mol. The predicted molar refractivity (Wildman–Crippen MR) is 131 cm³/mol. The molecule has 1 atom stereocenters. The van der Waals surface area contributed by atoms with Gasteiger partial charge in [0.2, 0.25) is 5.88 Å². The molecule has 0 aliphatic carbocycles. The summed E-state index contributed by atoms with van der Waals surface area (Å²) in [5.41, 5.74) is 1.27. The fourth-order valence-electron chi connectivity index (χ4n) is 4.29. The Balaban J connectivity index is 1.13. The maximum absolute atomic E-state index is 13.1. The number of aromatic nitrogens is 2. The third-order valence-corrected chi connectivity index (χ3v) is 7.59. The lowest BCUT2D eigenvalue weighted by Crippen LogP contribution is -2.40. The minimum Gasteiger partial charge on any atom is -0.467 e. The number of carbonyl (C=O) groups is 1. The number of pyridine rings is 1. The average molecular weight is 550 g/mol. The number of thiazole rings is 1. The molecule has 1 saturated heterocycles. The topological polar surface area (TPSA) is 76.9 Å². The van der Waals surface area contributed by atoms with Crippen LogP contribution < -0.4 is 4.74 Å². The van der Waals surface area contributed by atoms with Gasteiger partial charge in [0.25, 0.3) is 5.91 Å². The van der Waals surface area contributed by atoms with Crippen molar-refractivity contribution < 1.29 is 27.5 Å². The molecule has 0 bridgehead atoms. The molecule has 2 aliphatic heterocycles. The Labute approximate surface area is 219 Å². The van der Waals surface area contributed by atoms with Crippen molar-refractivity contribution >= 4 is 34.6 Å². The molecule has 4 heterocycles. The summed E-state index contributed by atoms with van der Waals surface area (Å²) in [4.78, 5) is 28.1. The summed E-state index contributed by atoms with van der Waals surface area (Å²) in [7, 11) is 0. The van der Waals surface area contributed by atoms with Gasteiger partial charge in [-0.15, -0.1) is 11.3 Å². The first-order chi connectivity index (χ1) is 17.8. The van der Waals surface area contributed by atoms with E-state index in [1.165, 1.54) is 23.6 Å². The number of carbonyl (C=O) groups excluding carboxylic acids is 1. The molecule has 3 aromatic rings. The molecule has 1 unspecified atom stereocenters. The maximum Gasteiger partial charge on any atom is 0.421 e. The fraction of sp³-hybridized carbons (Fsp3) is 0.360. The molecule has 2 aromatic heterocycles. The van der Waals surface area contributed by atoms with Crippen LogP contribution in [0.2, 0.25) is 5.02 Å². The largest absolute Gasteiger partial charge is 0.467 e. The van der Waals surface area contributed by atoms with E-state index in [1.807, 2.05) is 11.4 Å². The van der Waals surface area contributed by atoms with Gasteiger partial charge < -0.3 is 14.5 Å². The molecule has 1 radical (unpaired) electrons. The van der Waals surface area contributed by atoms with Crippen molar-refractivity contribution in [3.63, 3.8) is 0 Å². The normalized spacial score (nSPS) is 18.4. The summed E-state index contributed by atoms with van der Waals surface area (Å²) in [6.45, 7) is 0.422. The first-order valence-electron chi connectivity index (χ1n) is 11.6. The number of amides is 1. The lowest BCUT2D eigenvalue weighted by Gasteiger charge is -2.31. The maximum atomic E-state index is 13.1. The fourth-order valence-corrected chi connectivity index (χ4v) is 5.54. The number of alkyl halides is 3. The summed E-state index contributed by atoms with van der Waals surface area (Å²) in [6.07, 6.45) is -1.79. The van der Waals surface area contributed by atoms with Crippen molar-refractivity contribution in [2.75, 3.05) is 19.7 Å². The first kappa shape index (κ1) is 25.5. The van der Waals surface area contributed by atoms with Gasteiger partial charge in [-0.1, -0.05) is 28.9 Å². The quantitative estimate of drug-likeness (QED) is 0.396. The molecule has 7 nitrogen and oxygen atoms in total. The second-order valence-electron chi connectivity index (χ2n) is 8.64. The Hall–Kier alpha value is -3.18. The van der Waals surface area contributed by atoms with Crippen LogP contribution in [-0.4, -0.2) is 46.2 Å². The smallest absolute Gasteiger partial charge is 0.421 e. The summed E-state index contributed by atoms with van der Waals surface area (Å²) in [6, 6.07) is 10.5. The minimum atomic E-state index is -4.61. The Morgan fingerprint density at radius 2 is 2.08 bits per heavy atom. The van der Waals surface area contributed by atoms with Crippen LogP contribution in [0.3, 0.4) is 0 Å². The number of piperidine rings is 1. The molecule has 5 rings (SSSR count). The van der Waals surface area contributed by atoms with Gasteiger partial charge in [-0.05, 0) is 37.1 Å². The molecule has 12 heteroatoms. The Kier molecular flexibility index (Phi) is 7.34. The van der Waals surface area contributed by atoms with Gasteiger partial charge >= 0.3 is 6.18 Å². The molecule has 0 spiro atoms. The van der Waals surface area contributed by atoms with Crippen LogP contribution in [0.25, 0.3) is 0 Å². The molecule has 1 amide bonds. The zero-order valence-electron chi connectivity index (χ0n) is 19.4. The molecule has 0 N–H and O–H groups in total. The van der Waals surface area contributed by atoms with Crippen molar-refractivity contribution in [1.82, 2.24) is 14.9 Å². The Morgan fingerprint density at radius 1 is 1.27 bits per heavy atom. The van der Waals surface area contributed by atoms with Crippen LogP contribution in [0.4, 0.5) is 13.2 Å². The van der Waals surface area contributed by atoms with E-state index >= 15 is 0 Å². The van der Waals surface area contributed by atoms with Gasteiger partial charge in [0.05, 0.1) is 10.7 Å². The van der Waals surface area contributed by atoms with E-state index in [0.29, 0.717) is 37.4 Å². The number of halogens is 4. The Bertz CT molecular complexity index is 1310. The lowest BCUT2D eigenvalue weighted by atomic mass is 9.97. The second kappa shape index (κ2) is 10.7. The van der Waals surface area contributed by atoms with Crippen molar-refractivity contribution in [2.45, 2.75) is 37.5 Å². The van der Waals surface area contributed by atoms with Gasteiger partial charge in [0.15, 0.2) is 12.7 Å². The molecule has 1 fully saturated rings. The number of benzene rings is 1. The van der Waals surface area contributed by atoms with Crippen LogP contribution in [0.15, 0.2) is 47.1 Å². The summed E-state index contributed by atoms with van der Waals surface area (Å²) in [5, 5.41) is 7.69. The molecule has 0 saturated carbocycles. The van der Waals surface area contributed by atoms with E-state index in [9.17, 15) is 18.0 Å². The third kappa shape index (κ3) is 5.72. The van der Waals surface area contributed by atoms with Gasteiger partial charge in [-0.25, -0.2) is 9.97 Å². The number of nitrogens with zero attached hydrogens (tertiary/aromatic N) is 4. The van der Waals surface area contributed by atoms with Gasteiger partial charge in [-0.3, -0.25) is 4.79 Å². The van der Waals surface area contributed by atoms with Crippen LogP contribution in [0, 0.1) is 6.07 Å². The van der Waals surface area contributed by atoms with Crippen molar-refractivity contribution in [1.29, 1.82) is 0 Å². The summed E-state index contributed by atoms with van der Waals surface area (Å²) in [5.74, 6) is -0.800.